The lowest BCUT2D eigenvalue weighted by Gasteiger charge is -2.22. The summed E-state index contributed by atoms with van der Waals surface area (Å²) in [5.74, 6) is 0.0228. The van der Waals surface area contributed by atoms with Crippen LogP contribution in [0.25, 0.3) is 0 Å². The number of carbonyl (C=O) groups excluding carboxylic acids is 1. The fraction of sp³-hybridized carbons (Fsp3) is 0.389. The minimum Gasteiger partial charge on any atom is -0.355 e. The summed E-state index contributed by atoms with van der Waals surface area (Å²) in [6.45, 7) is 1.88. The molecule has 26 heavy (non-hydrogen) atoms. The lowest BCUT2D eigenvalue weighted by Crippen LogP contribution is -2.37. The number of sulfonamides is 1. The summed E-state index contributed by atoms with van der Waals surface area (Å²) >= 11 is 1.74. The van der Waals surface area contributed by atoms with Crippen LogP contribution >= 0.6 is 11.3 Å². The Balaban J connectivity index is 1.46. The van der Waals surface area contributed by atoms with Crippen molar-refractivity contribution in [2.24, 2.45) is 5.14 Å². The predicted molar refractivity (Wildman–Crippen MR) is 102 cm³/mol. The van der Waals surface area contributed by atoms with Crippen LogP contribution in [-0.2, 0) is 21.2 Å². The highest BCUT2D eigenvalue weighted by atomic mass is 32.2. The zero-order valence-corrected chi connectivity index (χ0v) is 16.1. The Labute approximate surface area is 158 Å². The minimum absolute atomic E-state index is 0.0228. The van der Waals surface area contributed by atoms with Crippen molar-refractivity contribution < 1.29 is 13.2 Å². The number of nitrogens with zero attached hydrogens (tertiary/aromatic N) is 1. The number of thiophene rings is 1. The molecule has 0 radical (unpaired) electrons. The fourth-order valence-corrected chi connectivity index (χ4v) is 4.66. The molecule has 1 aliphatic heterocycles. The van der Waals surface area contributed by atoms with E-state index >= 15 is 0 Å². The number of benzene rings is 1. The van der Waals surface area contributed by atoms with Gasteiger partial charge in [0.25, 0.3) is 0 Å². The third-order valence-corrected chi connectivity index (χ3v) is 6.47. The SMILES string of the molecule is NS(=O)(=O)c1ccc(CCNC(=O)CN2CCCC2c2cccs2)cc1. The van der Waals surface area contributed by atoms with Gasteiger partial charge in [-0.2, -0.15) is 0 Å². The van der Waals surface area contributed by atoms with E-state index in [0.29, 0.717) is 25.6 Å². The Morgan fingerprint density at radius 2 is 2.04 bits per heavy atom. The third-order valence-electron chi connectivity index (χ3n) is 4.57. The molecule has 1 aliphatic rings. The van der Waals surface area contributed by atoms with Crippen molar-refractivity contribution >= 4 is 27.3 Å². The Hall–Kier alpha value is -1.74. The van der Waals surface area contributed by atoms with E-state index in [4.69, 9.17) is 5.14 Å². The molecular formula is C18H23N3O3S2. The van der Waals surface area contributed by atoms with E-state index in [9.17, 15) is 13.2 Å². The average molecular weight is 394 g/mol. The molecule has 1 aromatic heterocycles. The smallest absolute Gasteiger partial charge is 0.238 e. The van der Waals surface area contributed by atoms with Crippen molar-refractivity contribution in [2.45, 2.75) is 30.2 Å². The molecule has 2 heterocycles. The van der Waals surface area contributed by atoms with Gasteiger partial charge in [0.05, 0.1) is 11.4 Å². The van der Waals surface area contributed by atoms with Gasteiger partial charge in [-0.3, -0.25) is 9.69 Å². The van der Waals surface area contributed by atoms with Crippen molar-refractivity contribution in [3.05, 3.63) is 52.2 Å². The average Bonchev–Trinajstić information content (AvgIpc) is 3.25. The summed E-state index contributed by atoms with van der Waals surface area (Å²) in [4.78, 5) is 15.9. The van der Waals surface area contributed by atoms with Gasteiger partial charge in [0.1, 0.15) is 0 Å². The summed E-state index contributed by atoms with van der Waals surface area (Å²) in [5.41, 5.74) is 0.954. The molecule has 1 saturated heterocycles. The maximum atomic E-state index is 12.2. The molecule has 3 N–H and O–H groups in total. The lowest BCUT2D eigenvalue weighted by atomic mass is 10.1. The molecule has 3 rings (SSSR count). The summed E-state index contributed by atoms with van der Waals surface area (Å²) in [5, 5.41) is 10.1. The normalized spacial score (nSPS) is 18.1. The molecule has 140 valence electrons. The Kier molecular flexibility index (Phi) is 6.08. The van der Waals surface area contributed by atoms with Gasteiger partial charge in [-0.25, -0.2) is 13.6 Å². The van der Waals surface area contributed by atoms with E-state index < -0.39 is 10.0 Å². The van der Waals surface area contributed by atoms with Crippen LogP contribution in [-0.4, -0.2) is 38.9 Å². The quantitative estimate of drug-likeness (QED) is 0.751. The molecule has 1 amide bonds. The van der Waals surface area contributed by atoms with Crippen LogP contribution in [0.4, 0.5) is 0 Å². The van der Waals surface area contributed by atoms with Gasteiger partial charge < -0.3 is 5.32 Å². The number of likely N-dealkylation sites (tertiary alicyclic amines) is 1. The minimum atomic E-state index is -3.67. The highest BCUT2D eigenvalue weighted by Crippen LogP contribution is 2.33. The van der Waals surface area contributed by atoms with Crippen LogP contribution < -0.4 is 10.5 Å². The Bertz CT molecular complexity index is 833. The number of nitrogens with two attached hydrogens (primary N) is 1. The molecule has 2 aromatic rings. The fourth-order valence-electron chi connectivity index (χ4n) is 3.25. The Morgan fingerprint density at radius 3 is 2.69 bits per heavy atom. The van der Waals surface area contributed by atoms with Gasteiger partial charge >= 0.3 is 0 Å². The van der Waals surface area contributed by atoms with E-state index in [1.54, 1.807) is 23.5 Å². The molecule has 8 heteroatoms. The lowest BCUT2D eigenvalue weighted by molar-refractivity contribution is -0.122. The van der Waals surface area contributed by atoms with E-state index in [1.165, 1.54) is 17.0 Å². The van der Waals surface area contributed by atoms with Crippen LogP contribution in [0.1, 0.15) is 29.3 Å². The van der Waals surface area contributed by atoms with Crippen molar-refractivity contribution in [1.29, 1.82) is 0 Å². The number of nitrogens with one attached hydrogen (secondary N) is 1. The molecule has 0 bridgehead atoms. The van der Waals surface area contributed by atoms with Crippen LogP contribution in [0, 0.1) is 0 Å². The van der Waals surface area contributed by atoms with E-state index in [2.05, 4.69) is 27.7 Å². The van der Waals surface area contributed by atoms with E-state index in [-0.39, 0.29) is 10.8 Å². The monoisotopic (exact) mass is 393 g/mol. The van der Waals surface area contributed by atoms with Gasteiger partial charge in [-0.05, 0) is 54.9 Å². The Morgan fingerprint density at radius 1 is 1.27 bits per heavy atom. The second-order valence-corrected chi connectivity index (χ2v) is 8.97. The maximum Gasteiger partial charge on any atom is 0.238 e. The summed E-state index contributed by atoms with van der Waals surface area (Å²) < 4.78 is 22.5. The maximum absolute atomic E-state index is 12.2. The van der Waals surface area contributed by atoms with Crippen LogP contribution in [0.3, 0.4) is 0 Å². The number of rotatable bonds is 7. The first-order valence-electron chi connectivity index (χ1n) is 8.59. The second-order valence-electron chi connectivity index (χ2n) is 6.43. The molecule has 1 fully saturated rings. The second kappa shape index (κ2) is 8.30. The first kappa shape index (κ1) is 19.0. The van der Waals surface area contributed by atoms with Gasteiger partial charge in [0, 0.05) is 17.5 Å². The van der Waals surface area contributed by atoms with Gasteiger partial charge in [-0.1, -0.05) is 18.2 Å². The van der Waals surface area contributed by atoms with Gasteiger partial charge in [0.2, 0.25) is 15.9 Å². The van der Waals surface area contributed by atoms with Crippen molar-refractivity contribution in [3.63, 3.8) is 0 Å². The van der Waals surface area contributed by atoms with Gasteiger partial charge in [0.15, 0.2) is 0 Å². The highest BCUT2D eigenvalue weighted by molar-refractivity contribution is 7.89. The van der Waals surface area contributed by atoms with Crippen molar-refractivity contribution in [1.82, 2.24) is 10.2 Å². The summed E-state index contributed by atoms with van der Waals surface area (Å²) in [7, 11) is -3.67. The van der Waals surface area contributed by atoms with Crippen LogP contribution in [0.2, 0.25) is 0 Å². The van der Waals surface area contributed by atoms with Crippen LogP contribution in [0.5, 0.6) is 0 Å². The molecular weight excluding hydrogens is 370 g/mol. The predicted octanol–water partition coefficient (Wildman–Crippen LogP) is 1.89. The molecule has 1 unspecified atom stereocenters. The van der Waals surface area contributed by atoms with Crippen molar-refractivity contribution in [2.75, 3.05) is 19.6 Å². The van der Waals surface area contributed by atoms with Crippen LogP contribution in [0.15, 0.2) is 46.7 Å². The van der Waals surface area contributed by atoms with Gasteiger partial charge in [-0.15, -0.1) is 11.3 Å². The third kappa shape index (κ3) is 4.91. The number of hydrogen-bond donors (Lipinski definition) is 2. The number of carbonyl (C=O) groups is 1. The molecule has 1 aromatic carbocycles. The zero-order chi connectivity index (χ0) is 18.6. The first-order chi connectivity index (χ1) is 12.4. The molecule has 1 atom stereocenters. The number of amides is 1. The molecule has 0 spiro atoms. The standard InChI is InChI=1S/C18H23N3O3S2/c19-26(23,24)15-7-5-14(6-8-15)9-10-20-18(22)13-21-11-1-3-16(21)17-4-2-12-25-17/h2,4-8,12,16H,1,3,9-11,13H2,(H,20,22)(H2,19,23,24). The van der Waals surface area contributed by atoms with E-state index in [0.717, 1.165) is 24.9 Å². The topological polar surface area (TPSA) is 92.5 Å². The molecule has 6 nitrogen and oxygen atoms in total. The first-order valence-corrected chi connectivity index (χ1v) is 11.0. The largest absolute Gasteiger partial charge is 0.355 e. The van der Waals surface area contributed by atoms with E-state index in [1.807, 2.05) is 0 Å². The zero-order valence-electron chi connectivity index (χ0n) is 14.4. The summed E-state index contributed by atoms with van der Waals surface area (Å²) in [6.07, 6.45) is 2.86. The summed E-state index contributed by atoms with van der Waals surface area (Å²) in [6, 6.07) is 11.0. The van der Waals surface area contributed by atoms with Crippen molar-refractivity contribution in [3.8, 4) is 0 Å². The number of primary sulfonamides is 1. The molecule has 0 aliphatic carbocycles. The highest BCUT2D eigenvalue weighted by Gasteiger charge is 2.27. The molecule has 0 saturated carbocycles. The number of hydrogen-bond acceptors (Lipinski definition) is 5.